The Hall–Kier alpha value is -4.48. The number of hydrogen-bond donors (Lipinski definition) is 1. The first-order valence-electron chi connectivity index (χ1n) is 12.9. The highest BCUT2D eigenvalue weighted by atomic mass is 19.4. The Morgan fingerprint density at radius 3 is 2.41 bits per heavy atom. The maximum absolute atomic E-state index is 13.4. The summed E-state index contributed by atoms with van der Waals surface area (Å²) in [6, 6.07) is 17.4. The third-order valence-corrected chi connectivity index (χ3v) is 6.66. The Morgan fingerprint density at radius 2 is 1.80 bits per heavy atom. The summed E-state index contributed by atoms with van der Waals surface area (Å²) in [5.41, 5.74) is 0.734. The minimum absolute atomic E-state index is 0.0871. The van der Waals surface area contributed by atoms with Gasteiger partial charge in [0.25, 0.3) is 5.91 Å². The third-order valence-electron chi connectivity index (χ3n) is 6.66. The Balaban J connectivity index is 1.53. The van der Waals surface area contributed by atoms with Crippen molar-refractivity contribution in [2.75, 3.05) is 7.11 Å². The lowest BCUT2D eigenvalue weighted by atomic mass is 9.85. The number of nitrogens with one attached hydrogen (secondary N) is 1. The molecule has 9 nitrogen and oxygen atoms in total. The summed E-state index contributed by atoms with van der Waals surface area (Å²) in [6.07, 6.45) is -1.69. The Labute approximate surface area is 235 Å². The SMILES string of the molecule is COc1ccc(CC(c2cccc(Cn3cnnn3)c2)C(C)NC(=O)C(C)(C)Oc2ccc(C(F)(F)F)cn2)cc1. The van der Waals surface area contributed by atoms with Crippen LogP contribution >= 0.6 is 0 Å². The molecule has 2 unspecified atom stereocenters. The first kappa shape index (κ1) is 29.5. The molecule has 0 aliphatic rings. The Morgan fingerprint density at radius 1 is 1.05 bits per heavy atom. The van der Waals surface area contributed by atoms with Gasteiger partial charge in [0.2, 0.25) is 5.88 Å². The van der Waals surface area contributed by atoms with Gasteiger partial charge in [-0.1, -0.05) is 36.4 Å². The molecule has 0 bridgehead atoms. The first-order valence-corrected chi connectivity index (χ1v) is 12.9. The predicted octanol–water partition coefficient (Wildman–Crippen LogP) is 4.83. The number of nitrogens with zero attached hydrogens (tertiary/aromatic N) is 5. The number of rotatable bonds is 11. The quantitative estimate of drug-likeness (QED) is 0.276. The fourth-order valence-corrected chi connectivity index (χ4v) is 4.36. The molecular formula is C29H31F3N6O3. The van der Waals surface area contributed by atoms with Crippen LogP contribution in [-0.4, -0.2) is 49.9 Å². The molecule has 0 saturated heterocycles. The second-order valence-electron chi connectivity index (χ2n) is 10.2. The van der Waals surface area contributed by atoms with E-state index in [0.717, 1.165) is 34.6 Å². The normalized spacial score (nSPS) is 13.3. The van der Waals surface area contributed by atoms with Gasteiger partial charge in [-0.2, -0.15) is 13.2 Å². The van der Waals surface area contributed by atoms with Crippen LogP contribution in [0.15, 0.2) is 73.2 Å². The monoisotopic (exact) mass is 568 g/mol. The van der Waals surface area contributed by atoms with E-state index in [-0.39, 0.29) is 17.8 Å². The summed E-state index contributed by atoms with van der Waals surface area (Å²) < 4.78 is 51.3. The van der Waals surface area contributed by atoms with E-state index in [4.69, 9.17) is 9.47 Å². The van der Waals surface area contributed by atoms with Gasteiger partial charge in [-0.25, -0.2) is 9.67 Å². The molecule has 41 heavy (non-hydrogen) atoms. The molecule has 0 radical (unpaired) electrons. The van der Waals surface area contributed by atoms with Gasteiger partial charge in [0.05, 0.1) is 19.2 Å². The van der Waals surface area contributed by atoms with Crippen molar-refractivity contribution in [1.82, 2.24) is 30.5 Å². The van der Waals surface area contributed by atoms with Crippen LogP contribution in [0, 0.1) is 0 Å². The van der Waals surface area contributed by atoms with E-state index >= 15 is 0 Å². The summed E-state index contributed by atoms with van der Waals surface area (Å²) >= 11 is 0. The van der Waals surface area contributed by atoms with Crippen molar-refractivity contribution >= 4 is 5.91 Å². The van der Waals surface area contributed by atoms with E-state index in [0.29, 0.717) is 19.2 Å². The number of ether oxygens (including phenoxy) is 2. The molecule has 4 rings (SSSR count). The van der Waals surface area contributed by atoms with E-state index in [1.165, 1.54) is 6.33 Å². The van der Waals surface area contributed by atoms with Gasteiger partial charge in [-0.05, 0) is 72.5 Å². The summed E-state index contributed by atoms with van der Waals surface area (Å²) in [5.74, 6) is 0.0826. The topological polar surface area (TPSA) is 104 Å². The summed E-state index contributed by atoms with van der Waals surface area (Å²) in [7, 11) is 1.61. The number of alkyl halides is 3. The fourth-order valence-electron chi connectivity index (χ4n) is 4.36. The van der Waals surface area contributed by atoms with Gasteiger partial charge in [-0.3, -0.25) is 4.79 Å². The molecule has 2 aromatic heterocycles. The Kier molecular flexibility index (Phi) is 8.89. The number of benzene rings is 2. The number of amides is 1. The fraction of sp³-hybridized carbons (Fsp3) is 0.345. The van der Waals surface area contributed by atoms with Crippen molar-refractivity contribution in [3.8, 4) is 11.6 Å². The van der Waals surface area contributed by atoms with Crippen LogP contribution in [0.4, 0.5) is 13.2 Å². The highest BCUT2D eigenvalue weighted by molar-refractivity contribution is 5.85. The third kappa shape index (κ3) is 7.80. The van der Waals surface area contributed by atoms with Crippen LogP contribution in [0.1, 0.15) is 48.9 Å². The maximum atomic E-state index is 13.4. The molecule has 12 heteroatoms. The standard InChI is InChI=1S/C29H31F3N6O3/c1-19(35-27(39)28(2,3)41-26-13-10-23(16-33-26)29(30,31)32)25(15-20-8-11-24(40-4)12-9-20)22-7-5-6-21(14-22)17-38-18-34-36-37-38/h5-14,16,18-19,25H,15,17H2,1-4H3,(H,35,39). The lowest BCUT2D eigenvalue weighted by Gasteiger charge is -2.31. The van der Waals surface area contributed by atoms with E-state index in [1.807, 2.05) is 49.4 Å². The van der Waals surface area contributed by atoms with Crippen LogP contribution < -0.4 is 14.8 Å². The molecule has 1 N–H and O–H groups in total. The second kappa shape index (κ2) is 12.4. The van der Waals surface area contributed by atoms with Gasteiger partial charge in [-0.15, -0.1) is 5.10 Å². The Bertz CT molecular complexity index is 1430. The zero-order valence-electron chi connectivity index (χ0n) is 23.1. The van der Waals surface area contributed by atoms with Crippen molar-refractivity contribution in [2.24, 2.45) is 0 Å². The molecule has 2 aromatic carbocycles. The van der Waals surface area contributed by atoms with Crippen LogP contribution in [0.3, 0.4) is 0 Å². The highest BCUT2D eigenvalue weighted by Crippen LogP contribution is 2.30. The van der Waals surface area contributed by atoms with Gasteiger partial charge >= 0.3 is 6.18 Å². The highest BCUT2D eigenvalue weighted by Gasteiger charge is 2.34. The molecule has 0 spiro atoms. The lowest BCUT2D eigenvalue weighted by molar-refractivity contribution is -0.138. The largest absolute Gasteiger partial charge is 0.497 e. The van der Waals surface area contributed by atoms with Crippen LogP contribution in [0.5, 0.6) is 11.6 Å². The van der Waals surface area contributed by atoms with Crippen molar-refractivity contribution in [3.05, 3.63) is 95.4 Å². The lowest BCUT2D eigenvalue weighted by Crippen LogP contribution is -2.51. The number of pyridine rings is 1. The van der Waals surface area contributed by atoms with E-state index < -0.39 is 23.2 Å². The predicted molar refractivity (Wildman–Crippen MR) is 144 cm³/mol. The molecule has 2 heterocycles. The molecule has 216 valence electrons. The average Bonchev–Trinajstić information content (AvgIpc) is 3.44. The second-order valence-corrected chi connectivity index (χ2v) is 10.2. The van der Waals surface area contributed by atoms with Crippen LogP contribution in [-0.2, 0) is 23.9 Å². The van der Waals surface area contributed by atoms with E-state index in [1.54, 1.807) is 25.6 Å². The van der Waals surface area contributed by atoms with Crippen LogP contribution in [0.25, 0.3) is 0 Å². The molecular weight excluding hydrogens is 537 g/mol. The van der Waals surface area contributed by atoms with Crippen molar-refractivity contribution in [3.63, 3.8) is 0 Å². The smallest absolute Gasteiger partial charge is 0.417 e. The molecule has 1 amide bonds. The first-order chi connectivity index (χ1) is 19.4. The number of tetrazole rings is 1. The zero-order valence-corrected chi connectivity index (χ0v) is 23.1. The van der Waals surface area contributed by atoms with Crippen molar-refractivity contribution in [2.45, 2.75) is 57.5 Å². The van der Waals surface area contributed by atoms with Crippen molar-refractivity contribution in [1.29, 1.82) is 0 Å². The number of halogens is 3. The summed E-state index contributed by atoms with van der Waals surface area (Å²) in [6.45, 7) is 5.48. The number of aromatic nitrogens is 5. The summed E-state index contributed by atoms with van der Waals surface area (Å²) in [4.78, 5) is 17.1. The minimum atomic E-state index is -4.52. The number of carbonyl (C=O) groups excluding carboxylic acids is 1. The van der Waals surface area contributed by atoms with E-state index in [9.17, 15) is 18.0 Å². The van der Waals surface area contributed by atoms with Crippen molar-refractivity contribution < 1.29 is 27.4 Å². The number of methoxy groups -OCH3 is 1. The molecule has 4 aromatic rings. The van der Waals surface area contributed by atoms with Gasteiger partial charge < -0.3 is 14.8 Å². The molecule has 0 saturated carbocycles. The average molecular weight is 569 g/mol. The molecule has 2 atom stereocenters. The van der Waals surface area contributed by atoms with Gasteiger partial charge in [0, 0.05) is 24.2 Å². The van der Waals surface area contributed by atoms with Gasteiger partial charge in [0.15, 0.2) is 5.60 Å². The molecule has 0 aliphatic carbocycles. The zero-order chi connectivity index (χ0) is 29.6. The number of carbonyl (C=O) groups is 1. The van der Waals surface area contributed by atoms with E-state index in [2.05, 4.69) is 31.9 Å². The van der Waals surface area contributed by atoms with Crippen LogP contribution in [0.2, 0.25) is 0 Å². The summed E-state index contributed by atoms with van der Waals surface area (Å²) in [5, 5.41) is 14.3. The molecule has 0 fully saturated rings. The van der Waals surface area contributed by atoms with Gasteiger partial charge in [0.1, 0.15) is 12.1 Å². The number of hydrogen-bond acceptors (Lipinski definition) is 7. The minimum Gasteiger partial charge on any atom is -0.497 e. The maximum Gasteiger partial charge on any atom is 0.417 e. The molecule has 0 aliphatic heterocycles.